The maximum Gasteiger partial charge on any atom is 0.237 e. The molecule has 3 rings (SSSR count). The van der Waals surface area contributed by atoms with E-state index in [0.717, 1.165) is 52.2 Å². The molecule has 2 N–H and O–H groups in total. The molecule has 2 aliphatic rings. The minimum Gasteiger partial charge on any atom is -0.353 e. The molecule has 120 valence electrons. The number of rotatable bonds is 4. The average molecular weight is 302 g/mol. The van der Waals surface area contributed by atoms with E-state index in [9.17, 15) is 4.79 Å². The molecule has 1 aromatic rings. The molecule has 0 radical (unpaired) electrons. The maximum absolute atomic E-state index is 12.3. The minimum absolute atomic E-state index is 0.0950. The van der Waals surface area contributed by atoms with Crippen LogP contribution >= 0.6 is 0 Å². The monoisotopic (exact) mass is 302 g/mol. The number of nitrogens with zero attached hydrogens (tertiary/aromatic N) is 2. The Morgan fingerprint density at radius 3 is 2.73 bits per heavy atom. The molecule has 1 saturated heterocycles. The van der Waals surface area contributed by atoms with Crippen LogP contribution in [-0.4, -0.2) is 68.1 Å². The van der Waals surface area contributed by atoms with E-state index in [4.69, 9.17) is 0 Å². The molecule has 0 spiro atoms. The second-order valence-corrected chi connectivity index (χ2v) is 6.34. The van der Waals surface area contributed by atoms with E-state index >= 15 is 0 Å². The van der Waals surface area contributed by atoms with Crippen molar-refractivity contribution >= 4 is 5.91 Å². The van der Waals surface area contributed by atoms with Gasteiger partial charge in [0.25, 0.3) is 0 Å². The highest BCUT2D eigenvalue weighted by Gasteiger charge is 2.23. The lowest BCUT2D eigenvalue weighted by atomic mass is 9.95. The van der Waals surface area contributed by atoms with Gasteiger partial charge in [-0.1, -0.05) is 24.3 Å². The van der Waals surface area contributed by atoms with Crippen molar-refractivity contribution in [3.63, 3.8) is 0 Å². The third-order valence-corrected chi connectivity index (χ3v) is 4.72. The standard InChI is InChI=1S/C17H26N4O/c1-20-8-10-21(11-9-20)7-6-18-17(22)16-12-14-4-2-3-5-15(14)13-19-16/h2-5,16,19H,6-13H2,1H3,(H,18,22). The molecule has 22 heavy (non-hydrogen) atoms. The van der Waals surface area contributed by atoms with Crippen molar-refractivity contribution < 1.29 is 4.79 Å². The number of piperazine rings is 1. The number of amides is 1. The summed E-state index contributed by atoms with van der Waals surface area (Å²) in [4.78, 5) is 17.1. The fraction of sp³-hybridized carbons (Fsp3) is 0.588. The fourth-order valence-electron chi connectivity index (χ4n) is 3.17. The molecule has 1 unspecified atom stereocenters. The Morgan fingerprint density at radius 1 is 1.23 bits per heavy atom. The van der Waals surface area contributed by atoms with E-state index in [1.54, 1.807) is 0 Å². The minimum atomic E-state index is -0.0950. The SMILES string of the molecule is CN1CCN(CCNC(=O)C2Cc3ccccc3CN2)CC1. The highest BCUT2D eigenvalue weighted by atomic mass is 16.2. The number of fused-ring (bicyclic) bond motifs is 1. The third kappa shape index (κ3) is 3.85. The zero-order valence-corrected chi connectivity index (χ0v) is 13.3. The van der Waals surface area contributed by atoms with Gasteiger partial charge >= 0.3 is 0 Å². The lowest BCUT2D eigenvalue weighted by Crippen LogP contribution is -2.50. The van der Waals surface area contributed by atoms with E-state index < -0.39 is 0 Å². The molecule has 1 atom stereocenters. The summed E-state index contributed by atoms with van der Waals surface area (Å²) in [6.45, 7) is 6.91. The molecule has 0 bridgehead atoms. The third-order valence-electron chi connectivity index (χ3n) is 4.72. The van der Waals surface area contributed by atoms with Gasteiger partial charge in [-0.15, -0.1) is 0 Å². The summed E-state index contributed by atoms with van der Waals surface area (Å²) < 4.78 is 0. The van der Waals surface area contributed by atoms with Crippen LogP contribution in [-0.2, 0) is 17.8 Å². The van der Waals surface area contributed by atoms with Gasteiger partial charge in [-0.3, -0.25) is 9.69 Å². The van der Waals surface area contributed by atoms with Crippen molar-refractivity contribution in [3.8, 4) is 0 Å². The Kier molecular flexibility index (Phi) is 5.08. The van der Waals surface area contributed by atoms with E-state index in [1.807, 2.05) is 6.07 Å². The Hall–Kier alpha value is -1.43. The second-order valence-electron chi connectivity index (χ2n) is 6.34. The van der Waals surface area contributed by atoms with Crippen molar-refractivity contribution in [1.29, 1.82) is 0 Å². The molecule has 2 aliphatic heterocycles. The molecule has 0 aliphatic carbocycles. The summed E-state index contributed by atoms with van der Waals surface area (Å²) in [5.74, 6) is 0.128. The predicted molar refractivity (Wildman–Crippen MR) is 87.7 cm³/mol. The molecule has 1 amide bonds. The van der Waals surface area contributed by atoms with Gasteiger partial charge in [0, 0.05) is 45.8 Å². The number of nitrogens with one attached hydrogen (secondary N) is 2. The summed E-state index contributed by atoms with van der Waals surface area (Å²) in [5.41, 5.74) is 2.60. The van der Waals surface area contributed by atoms with Gasteiger partial charge < -0.3 is 15.5 Å². The highest BCUT2D eigenvalue weighted by molar-refractivity contribution is 5.82. The first-order valence-electron chi connectivity index (χ1n) is 8.21. The van der Waals surface area contributed by atoms with Gasteiger partial charge in [-0.05, 0) is 24.6 Å². The number of likely N-dealkylation sites (N-methyl/N-ethyl adjacent to an activating group) is 1. The van der Waals surface area contributed by atoms with E-state index in [0.29, 0.717) is 0 Å². The van der Waals surface area contributed by atoms with Gasteiger partial charge in [0.2, 0.25) is 5.91 Å². The molecule has 5 heteroatoms. The number of hydrogen-bond acceptors (Lipinski definition) is 4. The number of hydrogen-bond donors (Lipinski definition) is 2. The summed E-state index contributed by atoms with van der Waals surface area (Å²) in [5, 5.41) is 6.42. The van der Waals surface area contributed by atoms with Crippen LogP contribution in [0, 0.1) is 0 Å². The average Bonchev–Trinajstić information content (AvgIpc) is 2.56. The number of carbonyl (C=O) groups is 1. The summed E-state index contributed by atoms with van der Waals surface area (Å²) in [6, 6.07) is 8.26. The molecule has 0 saturated carbocycles. The summed E-state index contributed by atoms with van der Waals surface area (Å²) >= 11 is 0. The Balaban J connectivity index is 1.41. The second kappa shape index (κ2) is 7.22. The van der Waals surface area contributed by atoms with E-state index in [1.165, 1.54) is 11.1 Å². The van der Waals surface area contributed by atoms with Crippen LogP contribution < -0.4 is 10.6 Å². The van der Waals surface area contributed by atoms with Crippen LogP contribution in [0.25, 0.3) is 0 Å². The molecule has 5 nitrogen and oxygen atoms in total. The smallest absolute Gasteiger partial charge is 0.237 e. The molecule has 1 fully saturated rings. The molecule has 1 aromatic carbocycles. The van der Waals surface area contributed by atoms with Crippen molar-refractivity contribution in [3.05, 3.63) is 35.4 Å². The number of benzene rings is 1. The van der Waals surface area contributed by atoms with Gasteiger partial charge in [0.1, 0.15) is 0 Å². The highest BCUT2D eigenvalue weighted by Crippen LogP contribution is 2.16. The maximum atomic E-state index is 12.3. The van der Waals surface area contributed by atoms with Crippen LogP contribution in [0.5, 0.6) is 0 Å². The van der Waals surface area contributed by atoms with Gasteiger partial charge in [0.15, 0.2) is 0 Å². The van der Waals surface area contributed by atoms with Crippen molar-refractivity contribution in [1.82, 2.24) is 20.4 Å². The van der Waals surface area contributed by atoms with Gasteiger partial charge in [-0.2, -0.15) is 0 Å². The lowest BCUT2D eigenvalue weighted by Gasteiger charge is -2.32. The van der Waals surface area contributed by atoms with Crippen molar-refractivity contribution in [2.75, 3.05) is 46.3 Å². The van der Waals surface area contributed by atoms with E-state index in [-0.39, 0.29) is 11.9 Å². The molecular formula is C17H26N4O. The predicted octanol–water partition coefficient (Wildman–Crippen LogP) is 0.0645. The van der Waals surface area contributed by atoms with E-state index in [2.05, 4.69) is 45.7 Å². The normalized spacial score (nSPS) is 23.0. The molecular weight excluding hydrogens is 276 g/mol. The summed E-state index contributed by atoms with van der Waals surface area (Å²) in [6.07, 6.45) is 0.788. The Morgan fingerprint density at radius 2 is 1.95 bits per heavy atom. The first kappa shape index (κ1) is 15.5. The lowest BCUT2D eigenvalue weighted by molar-refractivity contribution is -0.123. The molecule has 2 heterocycles. The Labute approximate surface area is 132 Å². The topological polar surface area (TPSA) is 47.6 Å². The molecule has 0 aromatic heterocycles. The first-order valence-corrected chi connectivity index (χ1v) is 8.21. The quantitative estimate of drug-likeness (QED) is 0.826. The van der Waals surface area contributed by atoms with Crippen LogP contribution in [0.4, 0.5) is 0 Å². The van der Waals surface area contributed by atoms with Crippen LogP contribution in [0.2, 0.25) is 0 Å². The van der Waals surface area contributed by atoms with Crippen LogP contribution in [0.15, 0.2) is 24.3 Å². The summed E-state index contributed by atoms with van der Waals surface area (Å²) in [7, 11) is 2.16. The van der Waals surface area contributed by atoms with Gasteiger partial charge in [0.05, 0.1) is 6.04 Å². The Bertz CT molecular complexity index is 511. The zero-order valence-electron chi connectivity index (χ0n) is 13.3. The van der Waals surface area contributed by atoms with Gasteiger partial charge in [-0.25, -0.2) is 0 Å². The van der Waals surface area contributed by atoms with Crippen LogP contribution in [0.1, 0.15) is 11.1 Å². The van der Waals surface area contributed by atoms with Crippen molar-refractivity contribution in [2.24, 2.45) is 0 Å². The largest absolute Gasteiger partial charge is 0.353 e. The number of carbonyl (C=O) groups excluding carboxylic acids is 1. The van der Waals surface area contributed by atoms with Crippen LogP contribution in [0.3, 0.4) is 0 Å². The fourth-order valence-corrected chi connectivity index (χ4v) is 3.17. The first-order chi connectivity index (χ1) is 10.7. The zero-order chi connectivity index (χ0) is 15.4. The van der Waals surface area contributed by atoms with Crippen molar-refractivity contribution in [2.45, 2.75) is 19.0 Å².